The third-order valence-electron chi connectivity index (χ3n) is 3.07. The number of aryl methyl sites for hydroxylation is 1. The predicted octanol–water partition coefficient (Wildman–Crippen LogP) is 0.889. The van der Waals surface area contributed by atoms with Gasteiger partial charge < -0.3 is 10.6 Å². The van der Waals surface area contributed by atoms with Gasteiger partial charge in [-0.2, -0.15) is 0 Å². The number of carbonyl (C=O) groups is 1. The minimum atomic E-state index is -3.78. The third kappa shape index (κ3) is 4.59. The highest BCUT2D eigenvalue weighted by atomic mass is 32.2. The van der Waals surface area contributed by atoms with Crippen molar-refractivity contribution in [2.24, 2.45) is 5.14 Å². The Hall–Kier alpha value is -1.44. The van der Waals surface area contributed by atoms with Crippen LogP contribution in [0.1, 0.15) is 24.0 Å². The Balaban J connectivity index is 2.95. The summed E-state index contributed by atoms with van der Waals surface area (Å²) in [6.45, 7) is 4.36. The quantitative estimate of drug-likeness (QED) is 0.679. The number of benzene rings is 1. The van der Waals surface area contributed by atoms with Crippen molar-refractivity contribution in [1.29, 1.82) is 0 Å². The maximum absolute atomic E-state index is 11.8. The van der Waals surface area contributed by atoms with Crippen LogP contribution in [0.5, 0.6) is 0 Å². The second kappa shape index (κ2) is 6.83. The third-order valence-corrected chi connectivity index (χ3v) is 3.97. The Labute approximate surface area is 119 Å². The number of hydrogen-bond acceptors (Lipinski definition) is 4. The maximum atomic E-state index is 11.8. The summed E-state index contributed by atoms with van der Waals surface area (Å²) in [6, 6.07) is 2.90. The highest BCUT2D eigenvalue weighted by molar-refractivity contribution is 7.89. The molecule has 0 spiro atoms. The number of carbonyl (C=O) groups excluding carboxylic acids is 1. The first kappa shape index (κ1) is 16.6. The molecule has 0 fully saturated rings. The summed E-state index contributed by atoms with van der Waals surface area (Å²) in [5, 5.41) is 10.8. The molecule has 6 nitrogen and oxygen atoms in total. The number of primary sulfonamides is 1. The fourth-order valence-corrected chi connectivity index (χ4v) is 2.38. The summed E-state index contributed by atoms with van der Waals surface area (Å²) in [4.78, 5) is 11.8. The molecule has 0 atom stereocenters. The largest absolute Gasteiger partial charge is 0.326 e. The summed E-state index contributed by atoms with van der Waals surface area (Å²) in [7, 11) is -1.96. The van der Waals surface area contributed by atoms with Gasteiger partial charge in [0.05, 0.1) is 4.90 Å². The first-order valence-electron chi connectivity index (χ1n) is 6.34. The molecule has 0 bridgehead atoms. The van der Waals surface area contributed by atoms with Gasteiger partial charge in [0.25, 0.3) is 0 Å². The minimum absolute atomic E-state index is 0.00567. The number of hydrogen-bond donors (Lipinski definition) is 3. The van der Waals surface area contributed by atoms with Gasteiger partial charge >= 0.3 is 0 Å². The minimum Gasteiger partial charge on any atom is -0.326 e. The molecule has 0 saturated carbocycles. The maximum Gasteiger partial charge on any atom is 0.238 e. The molecule has 7 heteroatoms. The summed E-state index contributed by atoms with van der Waals surface area (Å²) in [6.07, 6.45) is 1.09. The zero-order chi connectivity index (χ0) is 15.3. The number of sulfonamides is 1. The Bertz CT molecular complexity index is 597. The van der Waals surface area contributed by atoms with E-state index in [0.717, 1.165) is 24.1 Å². The Morgan fingerprint density at radius 2 is 1.95 bits per heavy atom. The second-order valence-electron chi connectivity index (χ2n) is 4.71. The van der Waals surface area contributed by atoms with Gasteiger partial charge in [-0.1, -0.05) is 0 Å². The smallest absolute Gasteiger partial charge is 0.238 e. The van der Waals surface area contributed by atoms with Crippen LogP contribution < -0.4 is 15.8 Å². The summed E-state index contributed by atoms with van der Waals surface area (Å²) >= 11 is 0. The van der Waals surface area contributed by atoms with Crippen molar-refractivity contribution in [3.63, 3.8) is 0 Å². The molecule has 0 heterocycles. The second-order valence-corrected chi connectivity index (χ2v) is 6.27. The van der Waals surface area contributed by atoms with E-state index >= 15 is 0 Å². The van der Waals surface area contributed by atoms with Gasteiger partial charge in [-0.05, 0) is 57.1 Å². The van der Waals surface area contributed by atoms with Gasteiger partial charge in [-0.3, -0.25) is 4.79 Å². The van der Waals surface area contributed by atoms with Crippen LogP contribution in [-0.4, -0.2) is 27.9 Å². The zero-order valence-electron chi connectivity index (χ0n) is 12.0. The Morgan fingerprint density at radius 3 is 2.50 bits per heavy atom. The molecule has 0 aliphatic heterocycles. The molecule has 0 aliphatic rings. The van der Waals surface area contributed by atoms with Crippen LogP contribution in [0.2, 0.25) is 0 Å². The highest BCUT2D eigenvalue weighted by Crippen LogP contribution is 2.23. The van der Waals surface area contributed by atoms with Crippen LogP contribution in [-0.2, 0) is 14.8 Å². The SMILES string of the molecule is CNCCCC(=O)Nc1cc(S(N)(=O)=O)cc(C)c1C. The van der Waals surface area contributed by atoms with E-state index in [2.05, 4.69) is 10.6 Å². The molecule has 0 aliphatic carbocycles. The molecule has 0 unspecified atom stereocenters. The molecule has 1 aromatic rings. The molecule has 1 amide bonds. The molecule has 1 rings (SSSR count). The van der Waals surface area contributed by atoms with Crippen LogP contribution >= 0.6 is 0 Å². The lowest BCUT2D eigenvalue weighted by molar-refractivity contribution is -0.116. The average molecular weight is 299 g/mol. The lowest BCUT2D eigenvalue weighted by atomic mass is 10.1. The first-order valence-corrected chi connectivity index (χ1v) is 7.89. The number of rotatable bonds is 6. The molecule has 20 heavy (non-hydrogen) atoms. The van der Waals surface area contributed by atoms with Crippen LogP contribution in [0.25, 0.3) is 0 Å². The van der Waals surface area contributed by atoms with Crippen molar-refractivity contribution in [2.45, 2.75) is 31.6 Å². The number of amides is 1. The Kier molecular flexibility index (Phi) is 5.67. The summed E-state index contributed by atoms with van der Waals surface area (Å²) in [5.74, 6) is -0.144. The van der Waals surface area contributed by atoms with Crippen molar-refractivity contribution < 1.29 is 13.2 Å². The molecular weight excluding hydrogens is 278 g/mol. The number of nitrogens with one attached hydrogen (secondary N) is 2. The van der Waals surface area contributed by atoms with Crippen molar-refractivity contribution in [3.05, 3.63) is 23.3 Å². The lowest BCUT2D eigenvalue weighted by Gasteiger charge is -2.12. The van der Waals surface area contributed by atoms with E-state index in [1.54, 1.807) is 6.92 Å². The lowest BCUT2D eigenvalue weighted by Crippen LogP contribution is -2.17. The molecule has 1 aromatic carbocycles. The first-order chi connectivity index (χ1) is 9.25. The zero-order valence-corrected chi connectivity index (χ0v) is 12.8. The van der Waals surface area contributed by atoms with Gasteiger partial charge in [0.15, 0.2) is 0 Å². The van der Waals surface area contributed by atoms with Crippen LogP contribution in [0.3, 0.4) is 0 Å². The summed E-state index contributed by atoms with van der Waals surface area (Å²) < 4.78 is 22.8. The molecular formula is C13H21N3O3S. The molecule has 4 N–H and O–H groups in total. The van der Waals surface area contributed by atoms with Gasteiger partial charge in [0.1, 0.15) is 0 Å². The predicted molar refractivity (Wildman–Crippen MR) is 79.1 cm³/mol. The normalized spacial score (nSPS) is 11.4. The fraction of sp³-hybridized carbons (Fsp3) is 0.462. The number of anilines is 1. The molecule has 112 valence electrons. The fourth-order valence-electron chi connectivity index (χ4n) is 1.76. The van der Waals surface area contributed by atoms with Crippen LogP contribution in [0, 0.1) is 13.8 Å². The van der Waals surface area contributed by atoms with E-state index in [4.69, 9.17) is 5.14 Å². The van der Waals surface area contributed by atoms with Gasteiger partial charge in [-0.15, -0.1) is 0 Å². The van der Waals surface area contributed by atoms with Crippen molar-refractivity contribution >= 4 is 21.6 Å². The van der Waals surface area contributed by atoms with Gasteiger partial charge in [0.2, 0.25) is 15.9 Å². The topological polar surface area (TPSA) is 101 Å². The molecule has 0 aromatic heterocycles. The monoisotopic (exact) mass is 299 g/mol. The van der Waals surface area contributed by atoms with Crippen molar-refractivity contribution in [3.8, 4) is 0 Å². The van der Waals surface area contributed by atoms with E-state index in [1.165, 1.54) is 12.1 Å². The van der Waals surface area contributed by atoms with E-state index in [1.807, 2.05) is 14.0 Å². The van der Waals surface area contributed by atoms with Crippen molar-refractivity contribution in [1.82, 2.24) is 5.32 Å². The van der Waals surface area contributed by atoms with Crippen LogP contribution in [0.4, 0.5) is 5.69 Å². The van der Waals surface area contributed by atoms with E-state index in [0.29, 0.717) is 12.1 Å². The molecule has 0 saturated heterocycles. The average Bonchev–Trinajstić information content (AvgIpc) is 2.33. The Morgan fingerprint density at radius 1 is 1.30 bits per heavy atom. The van der Waals surface area contributed by atoms with Crippen molar-refractivity contribution in [2.75, 3.05) is 18.9 Å². The van der Waals surface area contributed by atoms with E-state index in [-0.39, 0.29) is 10.8 Å². The standard InChI is InChI=1S/C13H21N3O3S/c1-9-7-11(20(14,18)19)8-12(10(9)2)16-13(17)5-4-6-15-3/h7-8,15H,4-6H2,1-3H3,(H,16,17)(H2,14,18,19). The van der Waals surface area contributed by atoms with E-state index < -0.39 is 10.0 Å². The highest BCUT2D eigenvalue weighted by Gasteiger charge is 2.14. The summed E-state index contributed by atoms with van der Waals surface area (Å²) in [5.41, 5.74) is 2.09. The van der Waals surface area contributed by atoms with Gasteiger partial charge in [-0.25, -0.2) is 13.6 Å². The van der Waals surface area contributed by atoms with E-state index in [9.17, 15) is 13.2 Å². The van der Waals surface area contributed by atoms with Crippen LogP contribution in [0.15, 0.2) is 17.0 Å². The van der Waals surface area contributed by atoms with Gasteiger partial charge in [0, 0.05) is 12.1 Å². The number of nitrogens with two attached hydrogens (primary N) is 1. The molecule has 0 radical (unpaired) electrons.